The molecule has 0 atom stereocenters. The number of nitrogens with zero attached hydrogens (tertiary/aromatic N) is 1. The molecule has 0 saturated heterocycles. The van der Waals surface area contributed by atoms with E-state index in [2.05, 4.69) is 0 Å². The van der Waals surface area contributed by atoms with Crippen molar-refractivity contribution >= 4 is 28.5 Å². The highest BCUT2D eigenvalue weighted by Crippen LogP contribution is 2.18. The van der Waals surface area contributed by atoms with E-state index in [4.69, 9.17) is 11.0 Å². The first-order valence-electron chi connectivity index (χ1n) is 3.26. The molecule has 66 valence electrons. The Morgan fingerprint density at radius 2 is 2.23 bits per heavy atom. The van der Waals surface area contributed by atoms with Crippen LogP contribution in [0.5, 0.6) is 0 Å². The number of carbonyl (C=O) groups is 1. The summed E-state index contributed by atoms with van der Waals surface area (Å²) in [6.07, 6.45) is 0. The molecule has 3 nitrogen and oxygen atoms in total. The highest BCUT2D eigenvalue weighted by Gasteiger charge is 2.15. The maximum atomic E-state index is 13.3. The Balaban J connectivity index is 3.50. The maximum absolute atomic E-state index is 13.3. The molecule has 0 heterocycles. The molecular formula is C8H4FIN2O. The third-order valence-corrected chi connectivity index (χ3v) is 2.36. The van der Waals surface area contributed by atoms with Crippen LogP contribution >= 0.6 is 22.6 Å². The number of primary amides is 1. The third-order valence-electron chi connectivity index (χ3n) is 1.46. The molecule has 0 bridgehead atoms. The Labute approximate surface area is 87.5 Å². The minimum atomic E-state index is -0.862. The van der Waals surface area contributed by atoms with E-state index in [0.29, 0.717) is 3.57 Å². The fourth-order valence-corrected chi connectivity index (χ4v) is 1.55. The molecule has 0 unspecified atom stereocenters. The Morgan fingerprint density at radius 3 is 2.69 bits per heavy atom. The Hall–Kier alpha value is -1.16. The summed E-state index contributed by atoms with van der Waals surface area (Å²) in [7, 11) is 0. The van der Waals surface area contributed by atoms with E-state index in [0.717, 1.165) is 0 Å². The lowest BCUT2D eigenvalue weighted by atomic mass is 10.1. The SMILES string of the molecule is N#Cc1ccc(I)c(C(N)=O)c1F. The standard InChI is InChI=1S/C8H4FIN2O/c9-7-4(3-11)1-2-5(10)6(7)8(12)13/h1-2H,(H2,12,13). The van der Waals surface area contributed by atoms with E-state index in [1.807, 2.05) is 0 Å². The lowest BCUT2D eigenvalue weighted by Crippen LogP contribution is -2.15. The van der Waals surface area contributed by atoms with E-state index < -0.39 is 11.7 Å². The summed E-state index contributed by atoms with van der Waals surface area (Å²) in [4.78, 5) is 10.8. The topological polar surface area (TPSA) is 66.9 Å². The van der Waals surface area contributed by atoms with Gasteiger partial charge in [0, 0.05) is 3.57 Å². The van der Waals surface area contributed by atoms with E-state index in [9.17, 15) is 9.18 Å². The molecule has 0 saturated carbocycles. The second-order valence-corrected chi connectivity index (χ2v) is 3.42. The Bertz CT molecular complexity index is 411. The molecule has 1 aromatic carbocycles. The van der Waals surface area contributed by atoms with Crippen molar-refractivity contribution < 1.29 is 9.18 Å². The minimum absolute atomic E-state index is 0.172. The van der Waals surface area contributed by atoms with Gasteiger partial charge in [-0.2, -0.15) is 5.26 Å². The summed E-state index contributed by atoms with van der Waals surface area (Å²) in [6, 6.07) is 4.42. The van der Waals surface area contributed by atoms with Crippen LogP contribution in [0.25, 0.3) is 0 Å². The quantitative estimate of drug-likeness (QED) is 0.794. The first kappa shape index (κ1) is 9.92. The van der Waals surface area contributed by atoms with Crippen molar-refractivity contribution in [2.45, 2.75) is 0 Å². The van der Waals surface area contributed by atoms with E-state index in [1.165, 1.54) is 12.1 Å². The van der Waals surface area contributed by atoms with Crippen LogP contribution in [0.15, 0.2) is 12.1 Å². The second-order valence-electron chi connectivity index (χ2n) is 2.26. The zero-order valence-electron chi connectivity index (χ0n) is 6.34. The van der Waals surface area contributed by atoms with Crippen LogP contribution in [0.1, 0.15) is 15.9 Å². The molecule has 1 aromatic rings. The highest BCUT2D eigenvalue weighted by molar-refractivity contribution is 14.1. The summed E-state index contributed by atoms with van der Waals surface area (Å²) in [6.45, 7) is 0. The van der Waals surface area contributed by atoms with Crippen LogP contribution in [0.3, 0.4) is 0 Å². The fourth-order valence-electron chi connectivity index (χ4n) is 0.865. The van der Waals surface area contributed by atoms with Gasteiger partial charge in [-0.15, -0.1) is 0 Å². The lowest BCUT2D eigenvalue weighted by molar-refractivity contribution is 0.0995. The summed E-state index contributed by atoms with van der Waals surface area (Å²) >= 11 is 1.78. The first-order chi connectivity index (χ1) is 6.07. The van der Waals surface area contributed by atoms with Crippen molar-refractivity contribution in [2.24, 2.45) is 5.73 Å². The zero-order chi connectivity index (χ0) is 10.0. The minimum Gasteiger partial charge on any atom is -0.365 e. The van der Waals surface area contributed by atoms with Gasteiger partial charge in [-0.05, 0) is 34.7 Å². The first-order valence-corrected chi connectivity index (χ1v) is 4.33. The molecule has 2 N–H and O–H groups in total. The summed E-state index contributed by atoms with van der Waals surface area (Å²) in [5.41, 5.74) is 4.55. The van der Waals surface area contributed by atoms with Crippen LogP contribution < -0.4 is 5.73 Å². The summed E-state index contributed by atoms with van der Waals surface area (Å²) in [5, 5.41) is 8.47. The Kier molecular flexibility index (Phi) is 2.83. The van der Waals surface area contributed by atoms with Gasteiger partial charge in [0.15, 0.2) is 5.82 Å². The normalized spacial score (nSPS) is 9.31. The highest BCUT2D eigenvalue weighted by atomic mass is 127. The average Bonchev–Trinajstić information content (AvgIpc) is 2.04. The molecule has 1 amide bonds. The number of nitrogens with two attached hydrogens (primary N) is 1. The second kappa shape index (κ2) is 3.70. The Morgan fingerprint density at radius 1 is 1.62 bits per heavy atom. The molecule has 0 aliphatic rings. The van der Waals surface area contributed by atoms with Crippen molar-refractivity contribution in [3.63, 3.8) is 0 Å². The summed E-state index contributed by atoms with van der Waals surface area (Å²) < 4.78 is 13.7. The van der Waals surface area contributed by atoms with Gasteiger partial charge in [-0.3, -0.25) is 4.79 Å². The molecule has 0 radical (unpaired) electrons. The van der Waals surface area contributed by atoms with Crippen LogP contribution in [0.2, 0.25) is 0 Å². The van der Waals surface area contributed by atoms with Gasteiger partial charge in [0.2, 0.25) is 0 Å². The number of carbonyl (C=O) groups excluding carboxylic acids is 1. The molecule has 13 heavy (non-hydrogen) atoms. The van der Waals surface area contributed by atoms with E-state index in [-0.39, 0.29) is 11.1 Å². The molecule has 0 aromatic heterocycles. The molecular weight excluding hydrogens is 286 g/mol. The zero-order valence-corrected chi connectivity index (χ0v) is 8.50. The number of nitriles is 1. The van der Waals surface area contributed by atoms with Gasteiger partial charge in [0.25, 0.3) is 5.91 Å². The van der Waals surface area contributed by atoms with Crippen LogP contribution in [-0.4, -0.2) is 5.91 Å². The number of halogens is 2. The maximum Gasteiger partial charge on any atom is 0.252 e. The van der Waals surface area contributed by atoms with Gasteiger partial charge < -0.3 is 5.73 Å². The molecule has 0 aliphatic carbocycles. The van der Waals surface area contributed by atoms with Gasteiger partial charge in [-0.25, -0.2) is 4.39 Å². The predicted octanol–water partition coefficient (Wildman–Crippen LogP) is 1.40. The molecule has 5 heteroatoms. The monoisotopic (exact) mass is 290 g/mol. The average molecular weight is 290 g/mol. The molecule has 0 fully saturated rings. The number of rotatable bonds is 1. The third kappa shape index (κ3) is 1.78. The van der Waals surface area contributed by atoms with Crippen molar-refractivity contribution in [3.8, 4) is 6.07 Å². The number of hydrogen-bond acceptors (Lipinski definition) is 2. The van der Waals surface area contributed by atoms with Crippen molar-refractivity contribution in [2.75, 3.05) is 0 Å². The van der Waals surface area contributed by atoms with Crippen LogP contribution in [-0.2, 0) is 0 Å². The number of amides is 1. The smallest absolute Gasteiger partial charge is 0.252 e. The molecule has 0 aliphatic heterocycles. The van der Waals surface area contributed by atoms with Crippen LogP contribution in [0.4, 0.5) is 4.39 Å². The van der Waals surface area contributed by atoms with Crippen molar-refractivity contribution in [1.29, 1.82) is 5.26 Å². The number of benzene rings is 1. The molecule has 0 spiro atoms. The summed E-state index contributed by atoms with van der Waals surface area (Å²) in [5.74, 6) is -1.71. The van der Waals surface area contributed by atoms with E-state index >= 15 is 0 Å². The van der Waals surface area contributed by atoms with E-state index in [1.54, 1.807) is 28.7 Å². The van der Waals surface area contributed by atoms with Crippen LogP contribution in [0, 0.1) is 20.7 Å². The number of hydrogen-bond donors (Lipinski definition) is 1. The lowest BCUT2D eigenvalue weighted by Gasteiger charge is -2.02. The van der Waals surface area contributed by atoms with Gasteiger partial charge in [0.05, 0.1) is 11.1 Å². The van der Waals surface area contributed by atoms with Gasteiger partial charge >= 0.3 is 0 Å². The largest absolute Gasteiger partial charge is 0.365 e. The predicted molar refractivity (Wildman–Crippen MR) is 52.3 cm³/mol. The fraction of sp³-hybridized carbons (Fsp3) is 0. The van der Waals surface area contributed by atoms with Gasteiger partial charge in [0.1, 0.15) is 6.07 Å². The van der Waals surface area contributed by atoms with Gasteiger partial charge in [-0.1, -0.05) is 0 Å². The van der Waals surface area contributed by atoms with Crippen molar-refractivity contribution in [3.05, 3.63) is 32.6 Å². The molecule has 1 rings (SSSR count). The van der Waals surface area contributed by atoms with Crippen molar-refractivity contribution in [1.82, 2.24) is 0 Å².